The van der Waals surface area contributed by atoms with Crippen LogP contribution in [-0.4, -0.2) is 27.9 Å². The van der Waals surface area contributed by atoms with Crippen LogP contribution in [0.2, 0.25) is 0 Å². The minimum absolute atomic E-state index is 0.0348. The van der Waals surface area contributed by atoms with Crippen LogP contribution >= 0.6 is 39.0 Å². The van der Waals surface area contributed by atoms with Gasteiger partial charge in [0.05, 0.1) is 5.75 Å². The van der Waals surface area contributed by atoms with Gasteiger partial charge in [-0.2, -0.15) is 0 Å². The van der Waals surface area contributed by atoms with Crippen LogP contribution in [0.1, 0.15) is 37.7 Å². The number of nitrogens with zero attached hydrogens (tertiary/aromatic N) is 2. The molecule has 1 saturated carbocycles. The average molecular weight is 441 g/mol. The van der Waals surface area contributed by atoms with Crippen LogP contribution in [0.4, 0.5) is 10.8 Å². The van der Waals surface area contributed by atoms with Gasteiger partial charge in [0.15, 0.2) is 4.34 Å². The molecule has 1 aliphatic rings. The van der Waals surface area contributed by atoms with E-state index < -0.39 is 0 Å². The van der Waals surface area contributed by atoms with Crippen molar-refractivity contribution in [3.63, 3.8) is 0 Å². The zero-order valence-electron chi connectivity index (χ0n) is 14.0. The molecule has 0 unspecified atom stereocenters. The van der Waals surface area contributed by atoms with Crippen molar-refractivity contribution in [3.8, 4) is 0 Å². The monoisotopic (exact) mass is 440 g/mol. The molecule has 8 heteroatoms. The molecule has 2 aromatic rings. The standard InChI is InChI=1S/C17H21BrN4OS2/c1-11-9-12(18)7-8-14(11)20-15(23)10-24-17-22-21-16(25-17)19-13-5-3-2-4-6-13/h7-9,13H,2-6,10H2,1H3,(H,19,21)(H,20,23). The van der Waals surface area contributed by atoms with Crippen LogP contribution in [-0.2, 0) is 4.79 Å². The van der Waals surface area contributed by atoms with Gasteiger partial charge in [0.1, 0.15) is 0 Å². The molecule has 1 aromatic heterocycles. The van der Waals surface area contributed by atoms with Gasteiger partial charge < -0.3 is 10.6 Å². The fourth-order valence-corrected chi connectivity index (χ4v) is 4.93. The van der Waals surface area contributed by atoms with Crippen LogP contribution in [0, 0.1) is 6.92 Å². The molecule has 0 radical (unpaired) electrons. The molecule has 25 heavy (non-hydrogen) atoms. The molecule has 1 heterocycles. The lowest BCUT2D eigenvalue weighted by Crippen LogP contribution is -2.21. The second-order valence-corrected chi connectivity index (χ2v) is 9.26. The molecule has 0 atom stereocenters. The van der Waals surface area contributed by atoms with E-state index in [0.29, 0.717) is 11.8 Å². The van der Waals surface area contributed by atoms with E-state index >= 15 is 0 Å². The molecule has 3 rings (SSSR count). The first-order valence-electron chi connectivity index (χ1n) is 8.39. The third-order valence-corrected chi connectivity index (χ3v) is 6.61. The maximum absolute atomic E-state index is 12.1. The summed E-state index contributed by atoms with van der Waals surface area (Å²) in [6.45, 7) is 1.97. The third-order valence-electron chi connectivity index (χ3n) is 4.13. The van der Waals surface area contributed by atoms with E-state index in [-0.39, 0.29) is 5.91 Å². The molecule has 1 aliphatic carbocycles. The number of hydrogen-bond acceptors (Lipinski definition) is 6. The number of aryl methyl sites for hydroxylation is 1. The van der Waals surface area contributed by atoms with Crippen LogP contribution in [0.5, 0.6) is 0 Å². The molecule has 2 N–H and O–H groups in total. The highest BCUT2D eigenvalue weighted by atomic mass is 79.9. The first-order valence-corrected chi connectivity index (χ1v) is 11.0. The minimum atomic E-state index is -0.0348. The molecule has 5 nitrogen and oxygen atoms in total. The quantitative estimate of drug-likeness (QED) is 0.612. The van der Waals surface area contributed by atoms with Crippen molar-refractivity contribution in [2.24, 2.45) is 0 Å². The van der Waals surface area contributed by atoms with Crippen LogP contribution < -0.4 is 10.6 Å². The van der Waals surface area contributed by atoms with E-state index in [2.05, 4.69) is 36.8 Å². The number of hydrogen-bond donors (Lipinski definition) is 2. The van der Waals surface area contributed by atoms with E-state index in [0.717, 1.165) is 25.2 Å². The summed E-state index contributed by atoms with van der Waals surface area (Å²) in [5.74, 6) is 0.292. The van der Waals surface area contributed by atoms with Crippen molar-refractivity contribution in [3.05, 3.63) is 28.2 Å². The molecule has 1 aromatic carbocycles. The van der Waals surface area contributed by atoms with Crippen molar-refractivity contribution in [1.82, 2.24) is 10.2 Å². The van der Waals surface area contributed by atoms with E-state index in [1.165, 1.54) is 55.2 Å². The first-order chi connectivity index (χ1) is 12.1. The zero-order valence-corrected chi connectivity index (χ0v) is 17.3. The number of halogens is 1. The fraction of sp³-hybridized carbons (Fsp3) is 0.471. The summed E-state index contributed by atoms with van der Waals surface area (Å²) < 4.78 is 1.82. The highest BCUT2D eigenvalue weighted by Gasteiger charge is 2.15. The zero-order chi connectivity index (χ0) is 17.6. The van der Waals surface area contributed by atoms with Gasteiger partial charge in [-0.05, 0) is 43.5 Å². The van der Waals surface area contributed by atoms with Gasteiger partial charge in [-0.25, -0.2) is 0 Å². The van der Waals surface area contributed by atoms with Gasteiger partial charge in [0.2, 0.25) is 11.0 Å². The smallest absolute Gasteiger partial charge is 0.234 e. The molecule has 1 fully saturated rings. The number of amides is 1. The fourth-order valence-electron chi connectivity index (χ4n) is 2.83. The van der Waals surface area contributed by atoms with Gasteiger partial charge in [0.25, 0.3) is 0 Å². The normalized spacial score (nSPS) is 15.1. The third kappa shape index (κ3) is 5.69. The minimum Gasteiger partial charge on any atom is -0.357 e. The number of rotatable bonds is 6. The van der Waals surface area contributed by atoms with Crippen molar-refractivity contribution >= 4 is 55.8 Å². The summed E-state index contributed by atoms with van der Waals surface area (Å²) in [4.78, 5) is 12.1. The Morgan fingerprint density at radius 2 is 2.12 bits per heavy atom. The Balaban J connectivity index is 1.47. The molecular weight excluding hydrogens is 420 g/mol. The van der Waals surface area contributed by atoms with E-state index in [4.69, 9.17) is 0 Å². The second-order valence-electron chi connectivity index (χ2n) is 6.15. The van der Waals surface area contributed by atoms with Crippen molar-refractivity contribution in [2.75, 3.05) is 16.4 Å². The molecule has 134 valence electrons. The van der Waals surface area contributed by atoms with E-state index in [1.807, 2.05) is 25.1 Å². The summed E-state index contributed by atoms with van der Waals surface area (Å²) >= 11 is 6.37. The Labute approximate surface area is 164 Å². The van der Waals surface area contributed by atoms with Gasteiger partial charge in [-0.3, -0.25) is 4.79 Å². The van der Waals surface area contributed by atoms with Crippen LogP contribution in [0.25, 0.3) is 0 Å². The average Bonchev–Trinajstić information content (AvgIpc) is 3.04. The maximum atomic E-state index is 12.1. The maximum Gasteiger partial charge on any atom is 0.234 e. The second kappa shape index (κ2) is 9.00. The number of aromatic nitrogens is 2. The van der Waals surface area contributed by atoms with Gasteiger partial charge in [0, 0.05) is 16.2 Å². The predicted molar refractivity (Wildman–Crippen MR) is 109 cm³/mol. The molecular formula is C17H21BrN4OS2. The largest absolute Gasteiger partial charge is 0.357 e. The Morgan fingerprint density at radius 3 is 2.88 bits per heavy atom. The van der Waals surface area contributed by atoms with Crippen molar-refractivity contribution < 1.29 is 4.79 Å². The van der Waals surface area contributed by atoms with E-state index in [9.17, 15) is 4.79 Å². The number of benzene rings is 1. The molecule has 0 saturated heterocycles. The Hall–Kier alpha value is -1.12. The SMILES string of the molecule is Cc1cc(Br)ccc1NC(=O)CSc1nnc(NC2CCCCC2)s1. The Kier molecular flexibility index (Phi) is 6.72. The Morgan fingerprint density at radius 1 is 1.32 bits per heavy atom. The number of nitrogens with one attached hydrogen (secondary N) is 2. The molecule has 0 spiro atoms. The Bertz CT molecular complexity index is 731. The molecule has 0 aliphatic heterocycles. The predicted octanol–water partition coefficient (Wildman–Crippen LogP) is 5.08. The summed E-state index contributed by atoms with van der Waals surface area (Å²) in [7, 11) is 0. The highest BCUT2D eigenvalue weighted by Crippen LogP contribution is 2.28. The summed E-state index contributed by atoms with van der Waals surface area (Å²) in [5.41, 5.74) is 1.87. The number of thioether (sulfide) groups is 1. The highest BCUT2D eigenvalue weighted by molar-refractivity contribution is 9.10. The van der Waals surface area contributed by atoms with Crippen LogP contribution in [0.15, 0.2) is 27.0 Å². The number of carbonyl (C=O) groups is 1. The lowest BCUT2D eigenvalue weighted by molar-refractivity contribution is -0.113. The summed E-state index contributed by atoms with van der Waals surface area (Å²) in [6.07, 6.45) is 6.32. The van der Waals surface area contributed by atoms with Gasteiger partial charge >= 0.3 is 0 Å². The lowest BCUT2D eigenvalue weighted by Gasteiger charge is -2.21. The van der Waals surface area contributed by atoms with Crippen molar-refractivity contribution in [1.29, 1.82) is 0 Å². The summed E-state index contributed by atoms with van der Waals surface area (Å²) in [6, 6.07) is 6.32. The number of anilines is 2. The van der Waals surface area contributed by atoms with Gasteiger partial charge in [-0.15, -0.1) is 10.2 Å². The van der Waals surface area contributed by atoms with Crippen molar-refractivity contribution in [2.45, 2.75) is 49.4 Å². The van der Waals surface area contributed by atoms with E-state index in [1.54, 1.807) is 0 Å². The number of carbonyl (C=O) groups excluding carboxylic acids is 1. The molecule has 1 amide bonds. The van der Waals surface area contributed by atoms with Gasteiger partial charge in [-0.1, -0.05) is 58.3 Å². The molecule has 0 bridgehead atoms. The summed E-state index contributed by atoms with van der Waals surface area (Å²) in [5, 5.41) is 15.6. The first kappa shape index (κ1) is 18.7. The van der Waals surface area contributed by atoms with Crippen LogP contribution in [0.3, 0.4) is 0 Å². The lowest BCUT2D eigenvalue weighted by atomic mass is 9.96. The topological polar surface area (TPSA) is 66.9 Å².